The van der Waals surface area contributed by atoms with Crippen molar-refractivity contribution in [2.45, 2.75) is 24.2 Å². The van der Waals surface area contributed by atoms with Gasteiger partial charge in [0.1, 0.15) is 11.5 Å². The van der Waals surface area contributed by atoms with Crippen molar-refractivity contribution < 1.29 is 28.6 Å². The molecule has 3 aromatic carbocycles. The highest BCUT2D eigenvalue weighted by atomic mass is 32.2. The minimum Gasteiger partial charge on any atom is -0.493 e. The van der Waals surface area contributed by atoms with Gasteiger partial charge in [-0.05, 0) is 82.5 Å². The van der Waals surface area contributed by atoms with Gasteiger partial charge in [0.25, 0.3) is 0 Å². The van der Waals surface area contributed by atoms with Crippen molar-refractivity contribution in [2.24, 2.45) is 0 Å². The van der Waals surface area contributed by atoms with Crippen LogP contribution in [0.5, 0.6) is 11.5 Å². The number of esters is 2. The van der Waals surface area contributed by atoms with Gasteiger partial charge in [-0.1, -0.05) is 32.2 Å². The monoisotopic (exact) mass is 500 g/mol. The Morgan fingerprint density at radius 1 is 0.917 bits per heavy atom. The van der Waals surface area contributed by atoms with E-state index in [9.17, 15) is 14.4 Å². The molecule has 1 aliphatic carbocycles. The fourth-order valence-electron chi connectivity index (χ4n) is 4.00. The average Bonchev–Trinajstić information content (AvgIpc) is 3.16. The second-order valence-electron chi connectivity index (χ2n) is 8.01. The summed E-state index contributed by atoms with van der Waals surface area (Å²) in [4.78, 5) is 36.7. The standard InChI is InChI=1S/C29H24O6S/c1-4-27(30)35-21-9-13-24-23-12-6-19(16-25(23)18(3)26(24)17-21)29(32)36-22-10-7-20(8-11-22)34-15-14-28(31)33-5-2/h4-13,16-18H,1-2,14-15H2,3H3. The van der Waals surface area contributed by atoms with Crippen molar-refractivity contribution in [2.75, 3.05) is 6.61 Å². The quantitative estimate of drug-likeness (QED) is 0.112. The van der Waals surface area contributed by atoms with Gasteiger partial charge in [-0.25, -0.2) is 4.79 Å². The first kappa shape index (κ1) is 25.0. The van der Waals surface area contributed by atoms with Gasteiger partial charge >= 0.3 is 11.9 Å². The largest absolute Gasteiger partial charge is 0.493 e. The number of thioether (sulfide) groups is 1. The van der Waals surface area contributed by atoms with Crippen molar-refractivity contribution in [1.82, 2.24) is 0 Å². The van der Waals surface area contributed by atoms with Crippen molar-refractivity contribution in [3.63, 3.8) is 0 Å². The lowest BCUT2D eigenvalue weighted by Crippen LogP contribution is -2.06. The Balaban J connectivity index is 1.41. The summed E-state index contributed by atoms with van der Waals surface area (Å²) in [6.07, 6.45) is 2.33. The summed E-state index contributed by atoms with van der Waals surface area (Å²) in [5, 5.41) is -0.0672. The van der Waals surface area contributed by atoms with Gasteiger partial charge in [0.05, 0.1) is 19.3 Å². The zero-order valence-electron chi connectivity index (χ0n) is 19.7. The van der Waals surface area contributed by atoms with Gasteiger partial charge in [-0.3, -0.25) is 9.59 Å². The molecule has 0 amide bonds. The molecule has 1 unspecified atom stereocenters. The third kappa shape index (κ3) is 5.58. The van der Waals surface area contributed by atoms with E-state index in [-0.39, 0.29) is 24.1 Å². The summed E-state index contributed by atoms with van der Waals surface area (Å²) in [7, 11) is 0. The molecule has 0 saturated heterocycles. The van der Waals surface area contributed by atoms with Gasteiger partial charge in [-0.15, -0.1) is 0 Å². The molecule has 0 saturated carbocycles. The summed E-state index contributed by atoms with van der Waals surface area (Å²) in [6.45, 7) is 9.02. The first-order valence-electron chi connectivity index (χ1n) is 11.3. The fourth-order valence-corrected chi connectivity index (χ4v) is 4.73. The van der Waals surface area contributed by atoms with Gasteiger partial charge in [0.2, 0.25) is 5.12 Å². The van der Waals surface area contributed by atoms with Gasteiger partial charge in [-0.2, -0.15) is 0 Å². The van der Waals surface area contributed by atoms with Crippen LogP contribution in [0, 0.1) is 0 Å². The average molecular weight is 501 g/mol. The van der Waals surface area contributed by atoms with Crippen LogP contribution in [0.1, 0.15) is 40.7 Å². The van der Waals surface area contributed by atoms with E-state index in [2.05, 4.69) is 24.8 Å². The number of rotatable bonds is 9. The molecule has 6 nitrogen and oxygen atoms in total. The molecule has 0 N–H and O–H groups in total. The Morgan fingerprint density at radius 3 is 2.28 bits per heavy atom. The molecular formula is C29H24O6S. The number of carbonyl (C=O) groups is 3. The molecule has 0 aromatic heterocycles. The van der Waals surface area contributed by atoms with Crippen molar-refractivity contribution >= 4 is 28.8 Å². The maximum Gasteiger partial charge on any atom is 0.335 e. The van der Waals surface area contributed by atoms with Crippen LogP contribution in [0.25, 0.3) is 11.1 Å². The number of benzene rings is 3. The van der Waals surface area contributed by atoms with Gasteiger partial charge < -0.3 is 14.2 Å². The molecule has 7 heteroatoms. The van der Waals surface area contributed by atoms with Crippen LogP contribution in [0.2, 0.25) is 0 Å². The van der Waals surface area contributed by atoms with E-state index in [1.807, 2.05) is 30.3 Å². The predicted octanol–water partition coefficient (Wildman–Crippen LogP) is 6.30. The predicted molar refractivity (Wildman–Crippen MR) is 138 cm³/mol. The van der Waals surface area contributed by atoms with Gasteiger partial charge in [0, 0.05) is 22.5 Å². The minimum absolute atomic E-state index is 0.0512. The van der Waals surface area contributed by atoms with E-state index < -0.39 is 11.9 Å². The summed E-state index contributed by atoms with van der Waals surface area (Å²) in [6, 6.07) is 18.4. The molecule has 1 atom stereocenters. The number of carbonyl (C=O) groups excluding carboxylic acids is 3. The second-order valence-corrected chi connectivity index (χ2v) is 9.06. The highest BCUT2D eigenvalue weighted by molar-refractivity contribution is 8.14. The number of hydrogen-bond acceptors (Lipinski definition) is 7. The van der Waals surface area contributed by atoms with Crippen LogP contribution in [0.15, 0.2) is 91.1 Å². The molecule has 4 rings (SSSR count). The van der Waals surface area contributed by atoms with E-state index >= 15 is 0 Å². The Bertz CT molecular complexity index is 1340. The molecule has 0 bridgehead atoms. The van der Waals surface area contributed by atoms with E-state index in [1.54, 1.807) is 30.3 Å². The van der Waals surface area contributed by atoms with Crippen molar-refractivity contribution in [3.8, 4) is 22.6 Å². The highest BCUT2D eigenvalue weighted by Gasteiger charge is 2.27. The number of hydrogen-bond donors (Lipinski definition) is 0. The minimum atomic E-state index is -0.504. The lowest BCUT2D eigenvalue weighted by Gasteiger charge is -2.09. The molecule has 0 radical (unpaired) electrons. The smallest absolute Gasteiger partial charge is 0.335 e. The highest BCUT2D eigenvalue weighted by Crippen LogP contribution is 2.46. The third-order valence-corrected chi connectivity index (χ3v) is 6.67. The van der Waals surface area contributed by atoms with E-state index in [0.717, 1.165) is 51.2 Å². The Morgan fingerprint density at radius 2 is 1.58 bits per heavy atom. The molecule has 182 valence electrons. The normalized spacial score (nSPS) is 13.2. The molecule has 3 aromatic rings. The van der Waals surface area contributed by atoms with Crippen molar-refractivity contribution in [3.05, 3.63) is 103 Å². The first-order chi connectivity index (χ1) is 17.4. The summed E-state index contributed by atoms with van der Waals surface area (Å²) in [5.41, 5.74) is 4.85. The topological polar surface area (TPSA) is 78.9 Å². The lowest BCUT2D eigenvalue weighted by molar-refractivity contribution is -0.138. The van der Waals surface area contributed by atoms with Gasteiger partial charge in [0.15, 0.2) is 0 Å². The summed E-state index contributed by atoms with van der Waals surface area (Å²) >= 11 is 1.14. The Labute approximate surface area is 213 Å². The zero-order chi connectivity index (χ0) is 25.7. The Kier molecular flexibility index (Phi) is 7.71. The van der Waals surface area contributed by atoms with Crippen LogP contribution < -0.4 is 9.47 Å². The molecule has 1 aliphatic rings. The molecule has 0 heterocycles. The lowest BCUT2D eigenvalue weighted by atomic mass is 9.98. The zero-order valence-corrected chi connectivity index (χ0v) is 20.5. The molecule has 0 spiro atoms. The van der Waals surface area contributed by atoms with Crippen LogP contribution in [-0.2, 0) is 14.3 Å². The summed E-state index contributed by atoms with van der Waals surface area (Å²) < 4.78 is 15.4. The maximum absolute atomic E-state index is 13.0. The van der Waals surface area contributed by atoms with Crippen molar-refractivity contribution in [1.29, 1.82) is 0 Å². The van der Waals surface area contributed by atoms with E-state index in [0.29, 0.717) is 17.1 Å². The van der Waals surface area contributed by atoms with Crippen LogP contribution in [-0.4, -0.2) is 23.7 Å². The van der Waals surface area contributed by atoms with Crippen LogP contribution in [0.3, 0.4) is 0 Å². The summed E-state index contributed by atoms with van der Waals surface area (Å²) in [5.74, 6) is 0.201. The number of fused-ring (bicyclic) bond motifs is 3. The fraction of sp³-hybridized carbons (Fsp3) is 0.138. The molecule has 36 heavy (non-hydrogen) atoms. The molecule has 0 fully saturated rings. The van der Waals surface area contributed by atoms with Crippen LogP contribution >= 0.6 is 11.8 Å². The third-order valence-electron chi connectivity index (χ3n) is 5.74. The second kappa shape index (κ2) is 11.1. The van der Waals surface area contributed by atoms with E-state index in [1.165, 1.54) is 0 Å². The SMILES string of the molecule is C=COC(=O)CCOc1ccc(SC(=O)c2ccc3c(c2)C(C)c2cc(OC(=O)C=C)ccc2-3)cc1. The Hall–Kier alpha value is -4.10. The molecular weight excluding hydrogens is 476 g/mol. The number of ether oxygens (including phenoxy) is 3. The molecule has 0 aliphatic heterocycles. The van der Waals surface area contributed by atoms with E-state index in [4.69, 9.17) is 9.47 Å². The first-order valence-corrected chi connectivity index (χ1v) is 12.1. The van der Waals surface area contributed by atoms with Crippen LogP contribution in [0.4, 0.5) is 0 Å². The maximum atomic E-state index is 13.0.